The van der Waals surface area contributed by atoms with Crippen LogP contribution in [0.15, 0.2) is 21.9 Å². The van der Waals surface area contributed by atoms with Crippen molar-refractivity contribution in [2.75, 3.05) is 0 Å². The molecular formula is C18H22O4S. The highest BCUT2D eigenvalue weighted by atomic mass is 32.2. The van der Waals surface area contributed by atoms with Gasteiger partial charge in [-0.15, -0.1) is 0 Å². The van der Waals surface area contributed by atoms with Crippen LogP contribution in [0.4, 0.5) is 0 Å². The second kappa shape index (κ2) is 5.57. The third-order valence-electron chi connectivity index (χ3n) is 4.52. The standard InChI is InChI=1S/C18H22O4S/c1-9-7-10(2)17(20)18(12(9)4)23(21,22)15-8-11(3)16(19)14(6)13(15)5/h7-8,19-20H,1-6H3. The van der Waals surface area contributed by atoms with Crippen molar-refractivity contribution >= 4 is 9.84 Å². The van der Waals surface area contributed by atoms with Gasteiger partial charge in [-0.2, -0.15) is 0 Å². The molecular weight excluding hydrogens is 312 g/mol. The number of rotatable bonds is 2. The average molecular weight is 334 g/mol. The first kappa shape index (κ1) is 17.3. The lowest BCUT2D eigenvalue weighted by Crippen LogP contribution is -2.09. The van der Waals surface area contributed by atoms with Crippen molar-refractivity contribution in [1.82, 2.24) is 0 Å². The molecule has 0 bridgehead atoms. The Balaban J connectivity index is 2.91. The third-order valence-corrected chi connectivity index (χ3v) is 6.56. The van der Waals surface area contributed by atoms with Crippen LogP contribution in [0.3, 0.4) is 0 Å². The van der Waals surface area contributed by atoms with Crippen LogP contribution < -0.4 is 0 Å². The zero-order valence-electron chi connectivity index (χ0n) is 14.3. The third kappa shape index (κ3) is 2.59. The van der Waals surface area contributed by atoms with Gasteiger partial charge in [0.25, 0.3) is 0 Å². The molecule has 0 heterocycles. The minimum Gasteiger partial charge on any atom is -0.507 e. The predicted molar refractivity (Wildman–Crippen MR) is 90.1 cm³/mol. The van der Waals surface area contributed by atoms with E-state index in [1.807, 2.05) is 6.92 Å². The lowest BCUT2D eigenvalue weighted by molar-refractivity contribution is 0.453. The Morgan fingerprint density at radius 2 is 1.22 bits per heavy atom. The number of aromatic hydroxyl groups is 2. The number of phenolic OH excluding ortho intramolecular Hbond substituents is 2. The zero-order valence-corrected chi connectivity index (χ0v) is 15.1. The van der Waals surface area contributed by atoms with E-state index in [1.165, 1.54) is 6.07 Å². The maximum atomic E-state index is 13.2. The highest BCUT2D eigenvalue weighted by Crippen LogP contribution is 2.39. The van der Waals surface area contributed by atoms with Crippen LogP contribution in [0, 0.1) is 41.5 Å². The molecule has 4 nitrogen and oxygen atoms in total. The first-order valence-corrected chi connectivity index (χ1v) is 8.83. The van der Waals surface area contributed by atoms with Crippen molar-refractivity contribution in [3.63, 3.8) is 0 Å². The van der Waals surface area contributed by atoms with Crippen molar-refractivity contribution in [2.24, 2.45) is 0 Å². The smallest absolute Gasteiger partial charge is 0.210 e. The minimum absolute atomic E-state index is 0.0532. The van der Waals surface area contributed by atoms with Gasteiger partial charge in [0, 0.05) is 0 Å². The van der Waals surface area contributed by atoms with E-state index in [9.17, 15) is 18.6 Å². The Kier molecular flexibility index (Phi) is 4.20. The van der Waals surface area contributed by atoms with E-state index in [0.29, 0.717) is 27.8 Å². The van der Waals surface area contributed by atoms with Gasteiger partial charge in [-0.25, -0.2) is 8.42 Å². The summed E-state index contributed by atoms with van der Waals surface area (Å²) in [6.45, 7) is 10.2. The highest BCUT2D eigenvalue weighted by Gasteiger charge is 2.29. The summed E-state index contributed by atoms with van der Waals surface area (Å²) in [4.78, 5) is 0.0660. The lowest BCUT2D eigenvalue weighted by atomic mass is 10.1. The highest BCUT2D eigenvalue weighted by molar-refractivity contribution is 7.91. The monoisotopic (exact) mass is 334 g/mol. The van der Waals surface area contributed by atoms with Gasteiger partial charge in [-0.3, -0.25) is 0 Å². The fraction of sp³-hybridized carbons (Fsp3) is 0.333. The van der Waals surface area contributed by atoms with E-state index in [-0.39, 0.29) is 21.3 Å². The van der Waals surface area contributed by atoms with E-state index in [0.717, 1.165) is 5.56 Å². The zero-order chi connectivity index (χ0) is 17.7. The van der Waals surface area contributed by atoms with Crippen LogP contribution in [-0.2, 0) is 9.84 Å². The van der Waals surface area contributed by atoms with Crippen LogP contribution in [0.1, 0.15) is 33.4 Å². The van der Waals surface area contributed by atoms with Crippen molar-refractivity contribution in [3.05, 3.63) is 45.5 Å². The summed E-state index contributed by atoms with van der Waals surface area (Å²) < 4.78 is 26.3. The molecule has 2 N–H and O–H groups in total. The van der Waals surface area contributed by atoms with Crippen LogP contribution >= 0.6 is 0 Å². The molecule has 0 aliphatic carbocycles. The Morgan fingerprint density at radius 3 is 1.78 bits per heavy atom. The minimum atomic E-state index is -3.90. The van der Waals surface area contributed by atoms with Crippen molar-refractivity contribution < 1.29 is 18.6 Å². The second-order valence-electron chi connectivity index (χ2n) is 6.11. The molecule has 0 saturated heterocycles. The summed E-state index contributed by atoms with van der Waals surface area (Å²) in [7, 11) is -3.90. The summed E-state index contributed by atoms with van der Waals surface area (Å²) in [5, 5.41) is 20.4. The molecule has 0 fully saturated rings. The molecule has 0 unspecified atom stereocenters. The molecule has 0 radical (unpaired) electrons. The molecule has 2 aromatic rings. The van der Waals surface area contributed by atoms with Gasteiger partial charge in [-0.05, 0) is 81.0 Å². The number of benzene rings is 2. The topological polar surface area (TPSA) is 74.6 Å². The number of aryl methyl sites for hydroxylation is 3. The van der Waals surface area contributed by atoms with Gasteiger partial charge in [0.15, 0.2) is 0 Å². The van der Waals surface area contributed by atoms with Crippen molar-refractivity contribution in [3.8, 4) is 11.5 Å². The molecule has 0 saturated carbocycles. The molecule has 124 valence electrons. The van der Waals surface area contributed by atoms with Crippen LogP contribution in [0.2, 0.25) is 0 Å². The Labute approximate surface area is 137 Å². The van der Waals surface area contributed by atoms with E-state index in [4.69, 9.17) is 0 Å². The second-order valence-corrected chi connectivity index (χ2v) is 7.96. The summed E-state index contributed by atoms with van der Waals surface area (Å²) in [5.41, 5.74) is 3.39. The fourth-order valence-corrected chi connectivity index (χ4v) is 4.87. The maximum Gasteiger partial charge on any atom is 0.210 e. The lowest BCUT2D eigenvalue weighted by Gasteiger charge is -2.17. The first-order valence-electron chi connectivity index (χ1n) is 7.34. The molecule has 0 amide bonds. The molecule has 0 aliphatic rings. The largest absolute Gasteiger partial charge is 0.507 e. The Morgan fingerprint density at radius 1 is 0.696 bits per heavy atom. The molecule has 0 aromatic heterocycles. The molecule has 0 spiro atoms. The first-order chi connectivity index (χ1) is 10.5. The molecule has 0 atom stereocenters. The van der Waals surface area contributed by atoms with E-state index < -0.39 is 9.84 Å². The van der Waals surface area contributed by atoms with Gasteiger partial charge in [-0.1, -0.05) is 6.07 Å². The molecule has 2 rings (SSSR count). The number of phenols is 2. The molecule has 2 aromatic carbocycles. The molecule has 23 heavy (non-hydrogen) atoms. The van der Waals surface area contributed by atoms with Gasteiger partial charge in [0.1, 0.15) is 16.4 Å². The van der Waals surface area contributed by atoms with E-state index in [1.54, 1.807) is 40.7 Å². The van der Waals surface area contributed by atoms with Crippen molar-refractivity contribution in [2.45, 2.75) is 51.3 Å². The SMILES string of the molecule is Cc1cc(C)c(O)c(S(=O)(=O)c2cc(C)c(O)c(C)c2C)c1C. The predicted octanol–water partition coefficient (Wildman–Crippen LogP) is 3.78. The van der Waals surface area contributed by atoms with Gasteiger partial charge < -0.3 is 10.2 Å². The quantitative estimate of drug-likeness (QED) is 0.876. The van der Waals surface area contributed by atoms with Crippen molar-refractivity contribution in [1.29, 1.82) is 0 Å². The van der Waals surface area contributed by atoms with Crippen LogP contribution in [0.25, 0.3) is 0 Å². The van der Waals surface area contributed by atoms with Gasteiger partial charge in [0.2, 0.25) is 9.84 Å². The number of hydrogen-bond donors (Lipinski definition) is 2. The van der Waals surface area contributed by atoms with Gasteiger partial charge in [0.05, 0.1) is 4.90 Å². The van der Waals surface area contributed by atoms with Gasteiger partial charge >= 0.3 is 0 Å². The Hall–Kier alpha value is -2.01. The summed E-state index contributed by atoms with van der Waals surface area (Å²) in [5.74, 6) is -0.112. The molecule has 5 heteroatoms. The normalized spacial score (nSPS) is 11.7. The maximum absolute atomic E-state index is 13.2. The average Bonchev–Trinajstić information content (AvgIpc) is 2.46. The van der Waals surface area contributed by atoms with E-state index in [2.05, 4.69) is 0 Å². The number of hydrogen-bond acceptors (Lipinski definition) is 4. The molecule has 0 aliphatic heterocycles. The Bertz CT molecular complexity index is 883. The summed E-state index contributed by atoms with van der Waals surface area (Å²) >= 11 is 0. The number of sulfone groups is 1. The van der Waals surface area contributed by atoms with Crippen LogP contribution in [0.5, 0.6) is 11.5 Å². The van der Waals surface area contributed by atoms with E-state index >= 15 is 0 Å². The van der Waals surface area contributed by atoms with Crippen LogP contribution in [-0.4, -0.2) is 18.6 Å². The summed E-state index contributed by atoms with van der Waals surface area (Å²) in [6, 6.07) is 3.23. The fourth-order valence-electron chi connectivity index (χ4n) is 2.79. The summed E-state index contributed by atoms with van der Waals surface area (Å²) in [6.07, 6.45) is 0.